The molecule has 0 heterocycles. The first-order valence-corrected chi connectivity index (χ1v) is 8.23. The molecule has 0 unspecified atom stereocenters. The van der Waals surface area contributed by atoms with E-state index in [0.29, 0.717) is 12.8 Å². The highest BCUT2D eigenvalue weighted by atomic mass is 16.4. The third-order valence-electron chi connectivity index (χ3n) is 3.51. The second-order valence-corrected chi connectivity index (χ2v) is 5.95. The fourth-order valence-electron chi connectivity index (χ4n) is 2.07. The van der Waals surface area contributed by atoms with Gasteiger partial charge >= 0.3 is 5.97 Å². The van der Waals surface area contributed by atoms with Crippen molar-refractivity contribution in [1.82, 2.24) is 10.6 Å². The van der Waals surface area contributed by atoms with Crippen LogP contribution < -0.4 is 16.4 Å². The average molecular weight is 357 g/mol. The van der Waals surface area contributed by atoms with E-state index in [1.165, 1.54) is 13.8 Å². The van der Waals surface area contributed by atoms with E-state index < -0.39 is 29.9 Å². The molecule has 0 rings (SSSR count). The molecule has 0 aromatic carbocycles. The number of amides is 3. The number of carboxylic acid groups (broad SMARTS) is 1. The van der Waals surface area contributed by atoms with Gasteiger partial charge in [0.1, 0.15) is 17.9 Å². The Morgan fingerprint density at radius 1 is 0.960 bits per heavy atom. The molecule has 0 aliphatic rings. The summed E-state index contributed by atoms with van der Waals surface area (Å²) in [4.78, 5) is 56.3. The zero-order valence-corrected chi connectivity index (χ0v) is 14.7. The smallest absolute Gasteiger partial charge is 0.303 e. The third-order valence-corrected chi connectivity index (χ3v) is 3.51. The van der Waals surface area contributed by atoms with Gasteiger partial charge in [0.2, 0.25) is 17.7 Å². The number of Topliss-reactive ketones (excluding diaryl/α,β-unsaturated/α-hetero) is 1. The van der Waals surface area contributed by atoms with Gasteiger partial charge in [-0.25, -0.2) is 0 Å². The van der Waals surface area contributed by atoms with Crippen LogP contribution in [0.1, 0.15) is 58.8 Å². The Balaban J connectivity index is 4.20. The molecule has 0 saturated heterocycles. The minimum absolute atomic E-state index is 0.113. The van der Waals surface area contributed by atoms with Crippen molar-refractivity contribution in [3.63, 3.8) is 0 Å². The quantitative estimate of drug-likeness (QED) is 0.336. The van der Waals surface area contributed by atoms with Gasteiger partial charge in [0.05, 0.1) is 0 Å². The second-order valence-electron chi connectivity index (χ2n) is 5.95. The molecule has 0 bridgehead atoms. The van der Waals surface area contributed by atoms with Gasteiger partial charge in [0.15, 0.2) is 0 Å². The van der Waals surface area contributed by atoms with Crippen LogP contribution in [0.15, 0.2) is 0 Å². The number of nitrogens with two attached hydrogens (primary N) is 1. The fourth-order valence-corrected chi connectivity index (χ4v) is 2.07. The molecule has 9 heteroatoms. The van der Waals surface area contributed by atoms with Crippen molar-refractivity contribution in [2.45, 2.75) is 70.9 Å². The Bertz CT molecular complexity index is 506. The van der Waals surface area contributed by atoms with Crippen molar-refractivity contribution in [2.75, 3.05) is 0 Å². The summed E-state index contributed by atoms with van der Waals surface area (Å²) in [7, 11) is 0. The number of unbranched alkanes of at least 4 members (excludes halogenated alkanes) is 2. The van der Waals surface area contributed by atoms with E-state index in [0.717, 1.165) is 12.8 Å². The van der Waals surface area contributed by atoms with Gasteiger partial charge in [-0.05, 0) is 33.1 Å². The van der Waals surface area contributed by atoms with E-state index in [9.17, 15) is 24.0 Å². The molecule has 9 nitrogen and oxygen atoms in total. The third kappa shape index (κ3) is 11.7. The van der Waals surface area contributed by atoms with Crippen molar-refractivity contribution >= 4 is 29.5 Å². The molecule has 25 heavy (non-hydrogen) atoms. The number of ketones is 1. The topological polar surface area (TPSA) is 156 Å². The van der Waals surface area contributed by atoms with Gasteiger partial charge in [0.25, 0.3) is 0 Å². The Morgan fingerprint density at radius 3 is 2.08 bits per heavy atom. The average Bonchev–Trinajstić information content (AvgIpc) is 2.49. The summed E-state index contributed by atoms with van der Waals surface area (Å²) in [5.41, 5.74) is 5.13. The number of hydrogen-bond donors (Lipinski definition) is 4. The maximum Gasteiger partial charge on any atom is 0.303 e. The molecule has 0 saturated carbocycles. The second kappa shape index (κ2) is 12.0. The van der Waals surface area contributed by atoms with E-state index >= 15 is 0 Å². The SMILES string of the molecule is CC(=O)CCCCCC(=O)N[C@@H](C)C(=O)N[C@H](CCC(=O)O)C(N)=O. The summed E-state index contributed by atoms with van der Waals surface area (Å²) < 4.78 is 0. The molecule has 142 valence electrons. The van der Waals surface area contributed by atoms with E-state index in [1.807, 2.05) is 0 Å². The lowest BCUT2D eigenvalue weighted by molar-refractivity contribution is -0.137. The highest BCUT2D eigenvalue weighted by Crippen LogP contribution is 2.04. The van der Waals surface area contributed by atoms with Crippen molar-refractivity contribution in [3.05, 3.63) is 0 Å². The Kier molecular flexibility index (Phi) is 10.8. The van der Waals surface area contributed by atoms with Crippen molar-refractivity contribution < 1.29 is 29.1 Å². The van der Waals surface area contributed by atoms with Gasteiger partial charge in [0, 0.05) is 19.3 Å². The molecule has 0 aliphatic heterocycles. The molecule has 0 fully saturated rings. The normalized spacial score (nSPS) is 12.7. The van der Waals surface area contributed by atoms with Crippen LogP contribution in [0.5, 0.6) is 0 Å². The standard InChI is InChI=1S/C16H27N3O6/c1-10(20)6-4-3-5-7-13(21)18-11(2)16(25)19-12(15(17)24)8-9-14(22)23/h11-12H,3-9H2,1-2H3,(H2,17,24)(H,18,21)(H,19,25)(H,22,23)/t11-,12+/m0/s1. The largest absolute Gasteiger partial charge is 0.481 e. The zero-order chi connectivity index (χ0) is 19.4. The van der Waals surface area contributed by atoms with Crippen LogP contribution in [0.3, 0.4) is 0 Å². The molecule has 3 amide bonds. The Morgan fingerprint density at radius 2 is 1.56 bits per heavy atom. The number of carbonyl (C=O) groups excluding carboxylic acids is 4. The summed E-state index contributed by atoms with van der Waals surface area (Å²) in [6.07, 6.45) is 2.37. The van der Waals surface area contributed by atoms with E-state index in [2.05, 4.69) is 10.6 Å². The lowest BCUT2D eigenvalue weighted by Crippen LogP contribution is -2.51. The maximum atomic E-state index is 12.0. The minimum atomic E-state index is -1.10. The van der Waals surface area contributed by atoms with Crippen molar-refractivity contribution in [2.24, 2.45) is 5.73 Å². The number of hydrogen-bond acceptors (Lipinski definition) is 5. The number of primary amides is 1. The van der Waals surface area contributed by atoms with Crippen LogP contribution in [-0.4, -0.2) is 46.7 Å². The van der Waals surface area contributed by atoms with E-state index in [1.54, 1.807) is 0 Å². The predicted molar refractivity (Wildman–Crippen MR) is 89.4 cm³/mol. The van der Waals surface area contributed by atoms with Gasteiger partial charge in [-0.3, -0.25) is 19.2 Å². The number of rotatable bonds is 13. The Hall–Kier alpha value is -2.45. The summed E-state index contributed by atoms with van der Waals surface area (Å²) >= 11 is 0. The van der Waals surface area contributed by atoms with E-state index in [-0.39, 0.29) is 31.0 Å². The zero-order valence-electron chi connectivity index (χ0n) is 14.7. The number of aliphatic carboxylic acids is 1. The highest BCUT2D eigenvalue weighted by molar-refractivity contribution is 5.91. The fraction of sp³-hybridized carbons (Fsp3) is 0.688. The van der Waals surface area contributed by atoms with Crippen LogP contribution >= 0.6 is 0 Å². The Labute approximate surface area is 146 Å². The molecule has 5 N–H and O–H groups in total. The van der Waals surface area contributed by atoms with Gasteiger partial charge in [-0.2, -0.15) is 0 Å². The van der Waals surface area contributed by atoms with Crippen molar-refractivity contribution in [1.29, 1.82) is 0 Å². The molecular weight excluding hydrogens is 330 g/mol. The van der Waals surface area contributed by atoms with Gasteiger partial charge < -0.3 is 26.3 Å². The summed E-state index contributed by atoms with van der Waals surface area (Å²) in [6, 6.07) is -1.98. The molecule has 0 spiro atoms. The first-order valence-electron chi connectivity index (χ1n) is 8.23. The molecular formula is C16H27N3O6. The minimum Gasteiger partial charge on any atom is -0.481 e. The lowest BCUT2D eigenvalue weighted by Gasteiger charge is -2.19. The molecule has 2 atom stereocenters. The van der Waals surface area contributed by atoms with E-state index in [4.69, 9.17) is 10.8 Å². The first kappa shape index (κ1) is 22.6. The van der Waals surface area contributed by atoms with Gasteiger partial charge in [-0.1, -0.05) is 6.42 Å². The predicted octanol–water partition coefficient (Wildman–Crippen LogP) is -0.134. The maximum absolute atomic E-state index is 12.0. The molecule has 0 aliphatic carbocycles. The lowest BCUT2D eigenvalue weighted by atomic mass is 10.1. The molecule has 0 radical (unpaired) electrons. The number of nitrogens with one attached hydrogen (secondary N) is 2. The molecule has 0 aromatic heterocycles. The number of carbonyl (C=O) groups is 5. The first-order chi connectivity index (χ1) is 11.6. The number of carboxylic acids is 1. The van der Waals surface area contributed by atoms with Crippen LogP contribution in [-0.2, 0) is 24.0 Å². The summed E-state index contributed by atoms with van der Waals surface area (Å²) in [5.74, 6) is -2.75. The molecule has 0 aromatic rings. The van der Waals surface area contributed by atoms with Crippen LogP contribution in [0.25, 0.3) is 0 Å². The van der Waals surface area contributed by atoms with Crippen LogP contribution in [0, 0.1) is 0 Å². The monoisotopic (exact) mass is 357 g/mol. The van der Waals surface area contributed by atoms with Gasteiger partial charge in [-0.15, -0.1) is 0 Å². The highest BCUT2D eigenvalue weighted by Gasteiger charge is 2.23. The van der Waals surface area contributed by atoms with Crippen molar-refractivity contribution in [3.8, 4) is 0 Å². The summed E-state index contributed by atoms with van der Waals surface area (Å²) in [6.45, 7) is 2.97. The van der Waals surface area contributed by atoms with Crippen LogP contribution in [0.4, 0.5) is 0 Å². The van der Waals surface area contributed by atoms with Crippen LogP contribution in [0.2, 0.25) is 0 Å². The summed E-state index contributed by atoms with van der Waals surface area (Å²) in [5, 5.41) is 13.5.